The largest absolute Gasteiger partial charge is 0.385 e. The van der Waals surface area contributed by atoms with Gasteiger partial charge in [0.05, 0.1) is 6.20 Å². The number of carbonyl (C=O) groups excluding carboxylic acids is 1. The lowest BCUT2D eigenvalue weighted by atomic mass is 9.90. The van der Waals surface area contributed by atoms with Crippen LogP contribution < -0.4 is 0 Å². The lowest BCUT2D eigenvalue weighted by Gasteiger charge is -2.34. The number of aromatic nitrogens is 4. The average Bonchev–Trinajstić information content (AvgIpc) is 3.23. The zero-order valence-electron chi connectivity index (χ0n) is 13.4. The van der Waals surface area contributed by atoms with E-state index in [-0.39, 0.29) is 11.8 Å². The SMILES string of the molecule is Cn1ccnc1C(O)C1CCN(C(=O)CCc2cn[nH]c2)CC1. The molecule has 0 saturated carbocycles. The summed E-state index contributed by atoms with van der Waals surface area (Å²) in [4.78, 5) is 18.4. The summed E-state index contributed by atoms with van der Waals surface area (Å²) < 4.78 is 1.85. The molecule has 2 N–H and O–H groups in total. The van der Waals surface area contributed by atoms with Crippen LogP contribution in [-0.4, -0.2) is 48.8 Å². The Labute approximate surface area is 135 Å². The van der Waals surface area contributed by atoms with E-state index in [0.717, 1.165) is 18.4 Å². The Morgan fingerprint density at radius 2 is 2.26 bits per heavy atom. The smallest absolute Gasteiger partial charge is 0.222 e. The van der Waals surface area contributed by atoms with Gasteiger partial charge in [-0.05, 0) is 30.7 Å². The van der Waals surface area contributed by atoms with Gasteiger partial charge in [0, 0.05) is 45.1 Å². The molecule has 1 fully saturated rings. The highest BCUT2D eigenvalue weighted by Gasteiger charge is 2.29. The zero-order chi connectivity index (χ0) is 16.2. The van der Waals surface area contributed by atoms with Crippen LogP contribution in [-0.2, 0) is 18.3 Å². The van der Waals surface area contributed by atoms with E-state index < -0.39 is 6.10 Å². The van der Waals surface area contributed by atoms with Gasteiger partial charge in [-0.3, -0.25) is 9.89 Å². The molecule has 7 heteroatoms. The fraction of sp³-hybridized carbons (Fsp3) is 0.562. The van der Waals surface area contributed by atoms with Gasteiger partial charge in [0.2, 0.25) is 5.91 Å². The summed E-state index contributed by atoms with van der Waals surface area (Å²) in [5, 5.41) is 17.1. The third-order valence-electron chi connectivity index (χ3n) is 4.64. The third-order valence-corrected chi connectivity index (χ3v) is 4.64. The molecule has 2 aromatic heterocycles. The highest BCUT2D eigenvalue weighted by molar-refractivity contribution is 5.76. The molecule has 124 valence electrons. The normalized spacial score (nSPS) is 17.4. The number of imidazole rings is 1. The molecule has 1 unspecified atom stereocenters. The van der Waals surface area contributed by atoms with Crippen LogP contribution in [0, 0.1) is 5.92 Å². The lowest BCUT2D eigenvalue weighted by molar-refractivity contribution is -0.133. The molecule has 0 aliphatic carbocycles. The summed E-state index contributed by atoms with van der Waals surface area (Å²) in [6.45, 7) is 1.41. The molecule has 1 amide bonds. The number of nitrogens with one attached hydrogen (secondary N) is 1. The number of amides is 1. The number of aromatic amines is 1. The monoisotopic (exact) mass is 317 g/mol. The number of carbonyl (C=O) groups is 1. The standard InChI is InChI=1S/C16H23N5O2/c1-20-9-6-17-16(20)15(23)13-4-7-21(8-5-13)14(22)3-2-12-10-18-19-11-12/h6,9-11,13,15,23H,2-5,7-8H2,1H3,(H,18,19). The molecule has 1 saturated heterocycles. The van der Waals surface area contributed by atoms with Gasteiger partial charge in [0.1, 0.15) is 11.9 Å². The zero-order valence-corrected chi connectivity index (χ0v) is 13.4. The molecule has 1 aliphatic heterocycles. The van der Waals surface area contributed by atoms with Crippen LogP contribution in [0.1, 0.15) is 36.8 Å². The molecule has 3 rings (SSSR count). The molecule has 0 spiro atoms. The summed E-state index contributed by atoms with van der Waals surface area (Å²) in [5.41, 5.74) is 1.05. The fourth-order valence-corrected chi connectivity index (χ4v) is 3.16. The minimum atomic E-state index is -0.557. The van der Waals surface area contributed by atoms with Crippen molar-refractivity contribution >= 4 is 5.91 Å². The molecular weight excluding hydrogens is 294 g/mol. The number of likely N-dealkylation sites (tertiary alicyclic amines) is 1. The van der Waals surface area contributed by atoms with Crippen LogP contribution in [0.15, 0.2) is 24.8 Å². The second-order valence-corrected chi connectivity index (χ2v) is 6.17. The van der Waals surface area contributed by atoms with E-state index in [9.17, 15) is 9.90 Å². The van der Waals surface area contributed by atoms with Crippen molar-refractivity contribution in [1.29, 1.82) is 0 Å². The Bertz CT molecular complexity index is 629. The molecule has 0 bridgehead atoms. The first-order valence-electron chi connectivity index (χ1n) is 8.06. The van der Waals surface area contributed by atoms with Crippen LogP contribution in [0.4, 0.5) is 0 Å². The molecule has 0 aromatic carbocycles. The van der Waals surface area contributed by atoms with E-state index in [2.05, 4.69) is 15.2 Å². The number of hydrogen-bond acceptors (Lipinski definition) is 4. The van der Waals surface area contributed by atoms with Gasteiger partial charge in [-0.1, -0.05) is 0 Å². The fourth-order valence-electron chi connectivity index (χ4n) is 3.16. The number of piperidine rings is 1. The van der Waals surface area contributed by atoms with E-state index >= 15 is 0 Å². The maximum atomic E-state index is 12.3. The summed E-state index contributed by atoms with van der Waals surface area (Å²) in [5.74, 6) is 1.04. The molecule has 7 nitrogen and oxygen atoms in total. The molecule has 3 heterocycles. The van der Waals surface area contributed by atoms with Crippen molar-refractivity contribution in [2.75, 3.05) is 13.1 Å². The predicted octanol–water partition coefficient (Wildman–Crippen LogP) is 1.05. The quantitative estimate of drug-likeness (QED) is 0.863. The second-order valence-electron chi connectivity index (χ2n) is 6.17. The Kier molecular flexibility index (Phi) is 4.76. The van der Waals surface area contributed by atoms with Gasteiger partial charge in [-0.2, -0.15) is 5.10 Å². The summed E-state index contributed by atoms with van der Waals surface area (Å²) in [7, 11) is 1.89. The number of hydrogen-bond donors (Lipinski definition) is 2. The first kappa shape index (κ1) is 15.7. The molecular formula is C16H23N5O2. The Morgan fingerprint density at radius 1 is 1.48 bits per heavy atom. The summed E-state index contributed by atoms with van der Waals surface area (Å²) in [6, 6.07) is 0. The Morgan fingerprint density at radius 3 is 2.87 bits per heavy atom. The minimum Gasteiger partial charge on any atom is -0.385 e. The van der Waals surface area contributed by atoms with Gasteiger partial charge in [-0.25, -0.2) is 4.98 Å². The van der Waals surface area contributed by atoms with Gasteiger partial charge in [0.15, 0.2) is 0 Å². The molecule has 1 atom stereocenters. The molecule has 1 aliphatic rings. The highest BCUT2D eigenvalue weighted by Crippen LogP contribution is 2.29. The maximum Gasteiger partial charge on any atom is 0.222 e. The van der Waals surface area contributed by atoms with Crippen molar-refractivity contribution in [3.63, 3.8) is 0 Å². The van der Waals surface area contributed by atoms with Crippen molar-refractivity contribution in [2.24, 2.45) is 13.0 Å². The first-order chi connectivity index (χ1) is 11.1. The number of aryl methyl sites for hydroxylation is 2. The average molecular weight is 317 g/mol. The van der Waals surface area contributed by atoms with E-state index in [1.54, 1.807) is 12.4 Å². The number of rotatable bonds is 5. The Balaban J connectivity index is 1.48. The summed E-state index contributed by atoms with van der Waals surface area (Å²) in [6.07, 6.45) is 9.40. The first-order valence-corrected chi connectivity index (χ1v) is 8.06. The predicted molar refractivity (Wildman–Crippen MR) is 84.4 cm³/mol. The van der Waals surface area contributed by atoms with Crippen molar-refractivity contribution in [2.45, 2.75) is 31.8 Å². The van der Waals surface area contributed by atoms with Crippen LogP contribution in [0.25, 0.3) is 0 Å². The van der Waals surface area contributed by atoms with Gasteiger partial charge in [-0.15, -0.1) is 0 Å². The van der Waals surface area contributed by atoms with Crippen LogP contribution >= 0.6 is 0 Å². The minimum absolute atomic E-state index is 0.161. The third kappa shape index (κ3) is 3.61. The van der Waals surface area contributed by atoms with Crippen LogP contribution in [0.5, 0.6) is 0 Å². The maximum absolute atomic E-state index is 12.3. The van der Waals surface area contributed by atoms with Gasteiger partial charge < -0.3 is 14.6 Å². The van der Waals surface area contributed by atoms with Crippen molar-refractivity contribution in [3.8, 4) is 0 Å². The van der Waals surface area contributed by atoms with E-state index in [1.165, 1.54) is 0 Å². The number of aliphatic hydroxyl groups is 1. The van der Waals surface area contributed by atoms with Crippen LogP contribution in [0.2, 0.25) is 0 Å². The van der Waals surface area contributed by atoms with Crippen molar-refractivity contribution in [3.05, 3.63) is 36.2 Å². The number of aliphatic hydroxyl groups excluding tert-OH is 1. The van der Waals surface area contributed by atoms with E-state index in [1.807, 2.05) is 28.9 Å². The molecule has 0 radical (unpaired) electrons. The molecule has 2 aromatic rings. The van der Waals surface area contributed by atoms with Crippen molar-refractivity contribution < 1.29 is 9.90 Å². The van der Waals surface area contributed by atoms with Gasteiger partial charge in [0.25, 0.3) is 0 Å². The van der Waals surface area contributed by atoms with E-state index in [0.29, 0.717) is 31.8 Å². The van der Waals surface area contributed by atoms with E-state index in [4.69, 9.17) is 0 Å². The second kappa shape index (κ2) is 6.95. The Hall–Kier alpha value is -2.15. The number of nitrogens with zero attached hydrogens (tertiary/aromatic N) is 4. The number of H-pyrrole nitrogens is 1. The topological polar surface area (TPSA) is 87.0 Å². The molecule has 23 heavy (non-hydrogen) atoms. The highest BCUT2D eigenvalue weighted by atomic mass is 16.3. The summed E-state index contributed by atoms with van der Waals surface area (Å²) >= 11 is 0. The van der Waals surface area contributed by atoms with Gasteiger partial charge >= 0.3 is 0 Å². The van der Waals surface area contributed by atoms with Crippen LogP contribution in [0.3, 0.4) is 0 Å². The van der Waals surface area contributed by atoms with Crippen molar-refractivity contribution in [1.82, 2.24) is 24.6 Å². The lowest BCUT2D eigenvalue weighted by Crippen LogP contribution is -2.40.